The van der Waals surface area contributed by atoms with Gasteiger partial charge in [0.05, 0.1) is 7.18 Å². The molecule has 1 heterocycles. The van der Waals surface area contributed by atoms with Crippen molar-refractivity contribution in [2.45, 2.75) is 50.8 Å². The highest BCUT2D eigenvalue weighted by Crippen LogP contribution is 2.36. The molecule has 1 aliphatic rings. The van der Waals surface area contributed by atoms with Crippen molar-refractivity contribution in [3.8, 4) is 0 Å². The van der Waals surface area contributed by atoms with E-state index >= 15 is 0 Å². The van der Waals surface area contributed by atoms with Crippen molar-refractivity contribution in [1.82, 2.24) is 4.98 Å². The largest absolute Gasteiger partial charge is 0.476 e. The molecule has 1 aromatic heterocycles. The Labute approximate surface area is 170 Å². The maximum absolute atomic E-state index is 12.0. The van der Waals surface area contributed by atoms with Crippen molar-refractivity contribution >= 4 is 34.9 Å². The van der Waals surface area contributed by atoms with Crippen molar-refractivity contribution in [2.24, 2.45) is 11.8 Å². The van der Waals surface area contributed by atoms with E-state index in [1.54, 1.807) is 17.1 Å². The average molecular weight is 422 g/mol. The number of alkyl halides is 1. The average Bonchev–Trinajstić information content (AvgIpc) is 3.33. The Balaban J connectivity index is 0. The lowest BCUT2D eigenvalue weighted by molar-refractivity contribution is -0.121. The minimum atomic E-state index is -0.990. The lowest BCUT2D eigenvalue weighted by Crippen LogP contribution is -2.15. The summed E-state index contributed by atoms with van der Waals surface area (Å²) in [7, 11) is 1.50. The summed E-state index contributed by atoms with van der Waals surface area (Å²) in [5.74, 6) is 0.841. The van der Waals surface area contributed by atoms with Gasteiger partial charge >= 0.3 is 5.97 Å². The first kappa shape index (κ1) is 28.0. The van der Waals surface area contributed by atoms with Crippen LogP contribution in [0.15, 0.2) is 21.9 Å². The molecule has 1 fully saturated rings. The Morgan fingerprint density at radius 2 is 2.04 bits per heavy atom. The number of nitrogens with zero attached hydrogens (tertiary/aromatic N) is 1. The number of thiazole rings is 1. The van der Waals surface area contributed by atoms with Crippen LogP contribution in [0.25, 0.3) is 0 Å². The van der Waals surface area contributed by atoms with E-state index < -0.39 is 5.97 Å². The van der Waals surface area contributed by atoms with E-state index in [1.807, 2.05) is 26.8 Å². The van der Waals surface area contributed by atoms with Gasteiger partial charge in [0, 0.05) is 30.6 Å². The van der Waals surface area contributed by atoms with Crippen LogP contribution in [0.4, 0.5) is 4.39 Å². The molecular weight excluding hydrogens is 389 g/mol. The molecule has 0 radical (unpaired) electrons. The van der Waals surface area contributed by atoms with Crippen LogP contribution in [-0.4, -0.2) is 47.0 Å². The van der Waals surface area contributed by atoms with Gasteiger partial charge in [-0.05, 0) is 32.1 Å². The summed E-state index contributed by atoms with van der Waals surface area (Å²) < 4.78 is 10.3. The Kier molecular flexibility index (Phi) is 18.8. The van der Waals surface area contributed by atoms with Crippen LogP contribution in [0.1, 0.15) is 56.9 Å². The maximum Gasteiger partial charge on any atom is 0.355 e. The number of hydrogen-bond acceptors (Lipinski definition) is 6. The molecule has 2 rings (SSSR count). The smallest absolute Gasteiger partial charge is 0.355 e. The number of carboxylic acid groups (broad SMARTS) is 1. The Hall–Kier alpha value is -1.25. The Morgan fingerprint density at radius 1 is 1.41 bits per heavy atom. The zero-order chi connectivity index (χ0) is 21.2. The van der Waals surface area contributed by atoms with Gasteiger partial charge in [-0.25, -0.2) is 9.78 Å². The summed E-state index contributed by atoms with van der Waals surface area (Å²) in [4.78, 5) is 26.8. The summed E-state index contributed by atoms with van der Waals surface area (Å²) in [5.41, 5.74) is 0.102. The number of aliphatic hydroxyl groups excluding tert-OH is 1. The number of carboxylic acids is 1. The Bertz CT molecular complexity index is 550. The second-order valence-electron chi connectivity index (χ2n) is 5.12. The van der Waals surface area contributed by atoms with Gasteiger partial charge in [0.25, 0.3) is 0 Å². The molecule has 0 saturated heterocycles. The standard InChI is InChI=1S/C15H19NO3S2.C2H6.CH3F.CH4O/c1-2-3-4-10-5-6-13(17)11(10)7-8-20-15-16-12(9-21-15)14(18)19;3*1-2/h2-3,9-11H,4-8H2,1H3,(H,18,19);1-2H3;1H3;2H,1H3/b3-2+;;;. The first-order valence-electron chi connectivity index (χ1n) is 8.89. The van der Waals surface area contributed by atoms with Gasteiger partial charge in [0.1, 0.15) is 5.78 Å². The normalized spacial score (nSPS) is 18.0. The number of thioether (sulfide) groups is 1. The van der Waals surface area contributed by atoms with Gasteiger partial charge in [0.2, 0.25) is 0 Å². The van der Waals surface area contributed by atoms with Crippen LogP contribution >= 0.6 is 23.1 Å². The van der Waals surface area contributed by atoms with Crippen LogP contribution in [-0.2, 0) is 4.79 Å². The zero-order valence-corrected chi connectivity index (χ0v) is 18.4. The van der Waals surface area contributed by atoms with Crippen molar-refractivity contribution in [3.63, 3.8) is 0 Å². The second-order valence-corrected chi connectivity index (χ2v) is 7.32. The number of hydrogen-bond donors (Lipinski definition) is 2. The summed E-state index contributed by atoms with van der Waals surface area (Å²) in [6.07, 6.45) is 7.73. The molecule has 0 spiro atoms. The number of allylic oxidation sites excluding steroid dienone is 2. The van der Waals surface area contributed by atoms with Gasteiger partial charge in [0.15, 0.2) is 10.0 Å². The SMILES string of the molecule is C/C=C/CC1CCC(=O)C1CCSc1nc(C(=O)O)cs1.CC.CF.CO. The van der Waals surface area contributed by atoms with Crippen LogP contribution < -0.4 is 0 Å². The van der Waals surface area contributed by atoms with Crippen LogP contribution in [0, 0.1) is 11.8 Å². The fourth-order valence-electron chi connectivity index (χ4n) is 2.66. The molecule has 1 saturated carbocycles. The summed E-state index contributed by atoms with van der Waals surface area (Å²) >= 11 is 2.90. The molecule has 0 aliphatic heterocycles. The van der Waals surface area contributed by atoms with Crippen molar-refractivity contribution in [1.29, 1.82) is 0 Å². The van der Waals surface area contributed by atoms with E-state index in [-0.39, 0.29) is 11.6 Å². The molecule has 27 heavy (non-hydrogen) atoms. The molecule has 2 unspecified atom stereocenters. The highest BCUT2D eigenvalue weighted by atomic mass is 32.2. The topological polar surface area (TPSA) is 87.5 Å². The summed E-state index contributed by atoms with van der Waals surface area (Å²) in [5, 5.41) is 17.4. The number of Topliss-reactive ketones (excluding diaryl/α,β-unsaturated/α-hetero) is 1. The molecule has 1 aliphatic carbocycles. The molecule has 1 aromatic rings. The van der Waals surface area contributed by atoms with Crippen LogP contribution in [0.5, 0.6) is 0 Å². The fourth-order valence-corrected chi connectivity index (χ4v) is 4.55. The van der Waals surface area contributed by atoms with Gasteiger partial charge in [-0.15, -0.1) is 11.3 Å². The minimum absolute atomic E-state index is 0.102. The van der Waals surface area contributed by atoms with Gasteiger partial charge in [-0.2, -0.15) is 0 Å². The third-order valence-electron chi connectivity index (χ3n) is 3.78. The van der Waals surface area contributed by atoms with E-state index in [2.05, 4.69) is 11.1 Å². The predicted molar refractivity (Wildman–Crippen MR) is 112 cm³/mol. The molecular formula is C19H32FNO4S2. The number of aromatic carboxylic acids is 1. The van der Waals surface area contributed by atoms with Gasteiger partial charge in [-0.1, -0.05) is 37.8 Å². The number of aromatic nitrogens is 1. The zero-order valence-electron chi connectivity index (χ0n) is 16.8. The highest BCUT2D eigenvalue weighted by molar-refractivity contribution is 8.01. The van der Waals surface area contributed by atoms with E-state index in [4.69, 9.17) is 10.2 Å². The maximum atomic E-state index is 12.0. The van der Waals surface area contributed by atoms with E-state index in [9.17, 15) is 14.0 Å². The number of carbonyl (C=O) groups excluding carboxylic acids is 1. The second kappa shape index (κ2) is 18.1. The number of ketones is 1. The third kappa shape index (κ3) is 10.6. The lowest BCUT2D eigenvalue weighted by atomic mass is 9.90. The fraction of sp³-hybridized carbons (Fsp3) is 0.632. The van der Waals surface area contributed by atoms with Crippen LogP contribution in [0.2, 0.25) is 0 Å². The highest BCUT2D eigenvalue weighted by Gasteiger charge is 2.33. The minimum Gasteiger partial charge on any atom is -0.476 e. The third-order valence-corrected chi connectivity index (χ3v) is 5.83. The quantitative estimate of drug-likeness (QED) is 0.470. The van der Waals surface area contributed by atoms with Crippen molar-refractivity contribution in [3.05, 3.63) is 23.2 Å². The van der Waals surface area contributed by atoms with Gasteiger partial charge < -0.3 is 10.2 Å². The first-order chi connectivity index (χ1) is 13.1. The van der Waals surface area contributed by atoms with Crippen LogP contribution in [0.3, 0.4) is 0 Å². The van der Waals surface area contributed by atoms with E-state index in [0.717, 1.165) is 36.5 Å². The molecule has 2 atom stereocenters. The molecule has 2 N–H and O–H groups in total. The molecule has 8 heteroatoms. The number of halogens is 1. The summed E-state index contributed by atoms with van der Waals surface area (Å²) in [6.45, 7) is 6.00. The van der Waals surface area contributed by atoms with E-state index in [1.165, 1.54) is 11.3 Å². The lowest BCUT2D eigenvalue weighted by Gasteiger charge is -2.16. The number of carbonyl (C=O) groups is 2. The Morgan fingerprint density at radius 3 is 2.56 bits per heavy atom. The molecule has 0 aromatic carbocycles. The molecule has 156 valence electrons. The molecule has 5 nitrogen and oxygen atoms in total. The van der Waals surface area contributed by atoms with Gasteiger partial charge in [-0.3, -0.25) is 9.18 Å². The predicted octanol–water partition coefficient (Wildman–Crippen LogP) is 5.11. The monoisotopic (exact) mass is 421 g/mol. The van der Waals surface area contributed by atoms with Crippen molar-refractivity contribution in [2.75, 3.05) is 20.0 Å². The number of rotatable bonds is 7. The summed E-state index contributed by atoms with van der Waals surface area (Å²) in [6, 6.07) is 0. The molecule has 0 bridgehead atoms. The van der Waals surface area contributed by atoms with E-state index in [0.29, 0.717) is 25.3 Å². The van der Waals surface area contributed by atoms with Crippen molar-refractivity contribution < 1.29 is 24.2 Å². The molecule has 0 amide bonds. The first-order valence-corrected chi connectivity index (χ1v) is 10.8. The number of aliphatic hydroxyl groups is 1.